The summed E-state index contributed by atoms with van der Waals surface area (Å²) in [5, 5.41) is 12.6. The highest BCUT2D eigenvalue weighted by Crippen LogP contribution is 2.15. The Hall–Kier alpha value is -1.75. The number of benzene rings is 1. The molecule has 0 saturated carbocycles. The Morgan fingerprint density at radius 2 is 2.00 bits per heavy atom. The van der Waals surface area contributed by atoms with Gasteiger partial charge in [-0.2, -0.15) is 0 Å². The second-order valence-electron chi connectivity index (χ2n) is 6.79. The van der Waals surface area contributed by atoms with Crippen LogP contribution < -0.4 is 10.1 Å². The van der Waals surface area contributed by atoms with E-state index in [1.165, 1.54) is 0 Å². The van der Waals surface area contributed by atoms with Gasteiger partial charge in [0, 0.05) is 26.7 Å². The lowest BCUT2D eigenvalue weighted by atomic mass is 9.94. The van der Waals surface area contributed by atoms with Crippen LogP contribution in [0.5, 0.6) is 5.75 Å². The molecule has 1 unspecified atom stereocenters. The van der Waals surface area contributed by atoms with Crippen LogP contribution in [0.15, 0.2) is 35.3 Å². The summed E-state index contributed by atoms with van der Waals surface area (Å²) in [5.41, 5.74) is 0. The zero-order chi connectivity index (χ0) is 18.5. The Kier molecular flexibility index (Phi) is 10.7. The Balaban J connectivity index is 2.53. The maximum Gasteiger partial charge on any atom is 0.193 e. The molecule has 0 saturated heterocycles. The van der Waals surface area contributed by atoms with Crippen LogP contribution in [0, 0.1) is 11.8 Å². The largest absolute Gasteiger partial charge is 0.492 e. The molecule has 1 atom stereocenters. The number of nitrogens with one attached hydrogen (secondary N) is 1. The van der Waals surface area contributed by atoms with Crippen molar-refractivity contribution in [3.05, 3.63) is 30.3 Å². The Bertz CT molecular complexity index is 477. The molecule has 0 aromatic heterocycles. The smallest absolute Gasteiger partial charge is 0.193 e. The molecular formula is C20H35N3O2. The highest BCUT2D eigenvalue weighted by Gasteiger charge is 2.12. The molecule has 0 spiro atoms. The van der Waals surface area contributed by atoms with Gasteiger partial charge in [0.05, 0.1) is 6.54 Å². The second kappa shape index (κ2) is 12.6. The van der Waals surface area contributed by atoms with Gasteiger partial charge >= 0.3 is 0 Å². The Labute approximate surface area is 153 Å². The first-order valence-corrected chi connectivity index (χ1v) is 9.34. The quantitative estimate of drug-likeness (QED) is 0.476. The van der Waals surface area contributed by atoms with Gasteiger partial charge in [0.15, 0.2) is 5.96 Å². The molecule has 0 aliphatic rings. The van der Waals surface area contributed by atoms with Gasteiger partial charge in [0.1, 0.15) is 12.4 Å². The molecule has 0 bridgehead atoms. The van der Waals surface area contributed by atoms with Crippen LogP contribution in [0.2, 0.25) is 0 Å². The summed E-state index contributed by atoms with van der Waals surface area (Å²) < 4.78 is 5.76. The van der Waals surface area contributed by atoms with E-state index >= 15 is 0 Å². The van der Waals surface area contributed by atoms with E-state index in [1.54, 1.807) is 0 Å². The van der Waals surface area contributed by atoms with Crippen LogP contribution in [-0.4, -0.2) is 55.9 Å². The molecule has 0 aliphatic carbocycles. The molecule has 142 valence electrons. The molecule has 1 aromatic rings. The van der Waals surface area contributed by atoms with Gasteiger partial charge in [-0.05, 0) is 43.7 Å². The van der Waals surface area contributed by atoms with Crippen molar-refractivity contribution in [3.8, 4) is 5.75 Å². The van der Waals surface area contributed by atoms with E-state index in [1.807, 2.05) is 37.4 Å². The normalized spacial score (nSPS) is 13.0. The zero-order valence-corrected chi connectivity index (χ0v) is 16.2. The first kappa shape index (κ1) is 21.3. The number of rotatable bonds is 11. The fraction of sp³-hybridized carbons (Fsp3) is 0.650. The molecule has 0 aliphatic heterocycles. The van der Waals surface area contributed by atoms with E-state index in [2.05, 4.69) is 31.0 Å². The molecule has 5 heteroatoms. The summed E-state index contributed by atoms with van der Waals surface area (Å²) in [4.78, 5) is 6.87. The molecule has 1 rings (SSSR count). The minimum atomic E-state index is 0.226. The van der Waals surface area contributed by atoms with Gasteiger partial charge in [-0.3, -0.25) is 4.99 Å². The maximum atomic E-state index is 9.26. The van der Waals surface area contributed by atoms with Gasteiger partial charge in [0.25, 0.3) is 0 Å². The fourth-order valence-electron chi connectivity index (χ4n) is 2.74. The molecule has 0 amide bonds. The topological polar surface area (TPSA) is 57.1 Å². The van der Waals surface area contributed by atoms with Gasteiger partial charge in [0.2, 0.25) is 0 Å². The standard InChI is InChI=1S/C20H35N3O2/c1-5-21-20(22-16-18(11-13-24)15-17(2)3)23(4)12-14-25-19-9-7-6-8-10-19/h6-10,17-18,24H,5,11-16H2,1-4H3,(H,21,22). The number of aliphatic hydroxyl groups is 1. The van der Waals surface area contributed by atoms with Crippen molar-refractivity contribution in [2.75, 3.05) is 39.9 Å². The van der Waals surface area contributed by atoms with Crippen LogP contribution in [0.1, 0.15) is 33.6 Å². The predicted molar refractivity (Wildman–Crippen MR) is 105 cm³/mol. The fourth-order valence-corrected chi connectivity index (χ4v) is 2.74. The molecule has 2 N–H and O–H groups in total. The second-order valence-corrected chi connectivity index (χ2v) is 6.79. The summed E-state index contributed by atoms with van der Waals surface area (Å²) in [5.74, 6) is 2.82. The highest BCUT2D eigenvalue weighted by molar-refractivity contribution is 5.79. The molecule has 0 fully saturated rings. The average molecular weight is 350 g/mol. The maximum absolute atomic E-state index is 9.26. The van der Waals surface area contributed by atoms with E-state index in [0.29, 0.717) is 18.4 Å². The number of hydrogen-bond acceptors (Lipinski definition) is 3. The number of para-hydroxylation sites is 1. The molecule has 1 aromatic carbocycles. The zero-order valence-electron chi connectivity index (χ0n) is 16.2. The summed E-state index contributed by atoms with van der Waals surface area (Å²) in [6.45, 7) is 9.67. The van der Waals surface area contributed by atoms with Crippen molar-refractivity contribution in [1.82, 2.24) is 10.2 Å². The van der Waals surface area contributed by atoms with E-state index in [0.717, 1.165) is 44.2 Å². The van der Waals surface area contributed by atoms with Crippen molar-refractivity contribution in [1.29, 1.82) is 0 Å². The van der Waals surface area contributed by atoms with Crippen LogP contribution in [0.4, 0.5) is 0 Å². The SMILES string of the molecule is CCNC(=NCC(CCO)CC(C)C)N(C)CCOc1ccccc1. The highest BCUT2D eigenvalue weighted by atomic mass is 16.5. The van der Waals surface area contributed by atoms with Crippen molar-refractivity contribution >= 4 is 5.96 Å². The number of hydrogen-bond donors (Lipinski definition) is 2. The third-order valence-corrected chi connectivity index (χ3v) is 3.98. The molecule has 5 nitrogen and oxygen atoms in total. The lowest BCUT2D eigenvalue weighted by molar-refractivity contribution is 0.245. The first-order valence-electron chi connectivity index (χ1n) is 9.34. The number of likely N-dealkylation sites (N-methyl/N-ethyl adjacent to an activating group) is 1. The number of aliphatic imine (C=N–C) groups is 1. The van der Waals surface area contributed by atoms with Crippen molar-refractivity contribution in [2.24, 2.45) is 16.8 Å². The Morgan fingerprint density at radius 3 is 2.60 bits per heavy atom. The van der Waals surface area contributed by atoms with E-state index in [4.69, 9.17) is 9.73 Å². The predicted octanol–water partition coefficient (Wildman–Crippen LogP) is 3.01. The van der Waals surface area contributed by atoms with Gasteiger partial charge < -0.3 is 20.1 Å². The monoisotopic (exact) mass is 349 g/mol. The van der Waals surface area contributed by atoms with Crippen molar-refractivity contribution in [3.63, 3.8) is 0 Å². The first-order chi connectivity index (χ1) is 12.1. The summed E-state index contributed by atoms with van der Waals surface area (Å²) >= 11 is 0. The molecule has 25 heavy (non-hydrogen) atoms. The van der Waals surface area contributed by atoms with E-state index in [9.17, 15) is 5.11 Å². The lowest BCUT2D eigenvalue weighted by Gasteiger charge is -2.23. The summed E-state index contributed by atoms with van der Waals surface area (Å²) in [6, 6.07) is 9.85. The molecular weight excluding hydrogens is 314 g/mol. The van der Waals surface area contributed by atoms with Crippen LogP contribution >= 0.6 is 0 Å². The summed E-state index contributed by atoms with van der Waals surface area (Å²) in [6.07, 6.45) is 1.90. The van der Waals surface area contributed by atoms with Crippen molar-refractivity contribution < 1.29 is 9.84 Å². The lowest BCUT2D eigenvalue weighted by Crippen LogP contribution is -2.41. The van der Waals surface area contributed by atoms with Crippen LogP contribution in [0.25, 0.3) is 0 Å². The number of nitrogens with zero attached hydrogens (tertiary/aromatic N) is 2. The van der Waals surface area contributed by atoms with Crippen molar-refractivity contribution in [2.45, 2.75) is 33.6 Å². The van der Waals surface area contributed by atoms with Gasteiger partial charge in [-0.25, -0.2) is 0 Å². The average Bonchev–Trinajstić information content (AvgIpc) is 2.59. The Morgan fingerprint density at radius 1 is 1.28 bits per heavy atom. The third-order valence-electron chi connectivity index (χ3n) is 3.98. The molecule has 0 radical (unpaired) electrons. The molecule has 0 heterocycles. The minimum absolute atomic E-state index is 0.226. The van der Waals surface area contributed by atoms with Gasteiger partial charge in [-0.1, -0.05) is 32.0 Å². The number of guanidine groups is 1. The summed E-state index contributed by atoms with van der Waals surface area (Å²) in [7, 11) is 2.03. The van der Waals surface area contributed by atoms with E-state index < -0.39 is 0 Å². The van der Waals surface area contributed by atoms with Crippen LogP contribution in [0.3, 0.4) is 0 Å². The van der Waals surface area contributed by atoms with E-state index in [-0.39, 0.29) is 6.61 Å². The van der Waals surface area contributed by atoms with Crippen LogP contribution in [-0.2, 0) is 0 Å². The minimum Gasteiger partial charge on any atom is -0.492 e. The van der Waals surface area contributed by atoms with Gasteiger partial charge in [-0.15, -0.1) is 0 Å². The third kappa shape index (κ3) is 9.34. The number of aliphatic hydroxyl groups excluding tert-OH is 1. The number of ether oxygens (including phenoxy) is 1.